The molecule has 0 fully saturated rings. The van der Waals surface area contributed by atoms with Crippen molar-refractivity contribution in [2.45, 2.75) is 67.2 Å². The zero-order valence-corrected chi connectivity index (χ0v) is 18.5. The third-order valence-electron chi connectivity index (χ3n) is 4.19. The van der Waals surface area contributed by atoms with Gasteiger partial charge >= 0.3 is 5.97 Å². The Morgan fingerprint density at radius 3 is 2.31 bits per heavy atom. The van der Waals surface area contributed by atoms with E-state index in [0.717, 1.165) is 0 Å². The predicted octanol–water partition coefficient (Wildman–Crippen LogP) is 1.98. The van der Waals surface area contributed by atoms with Crippen LogP contribution in [0.25, 0.3) is 0 Å². The second-order valence-corrected chi connectivity index (χ2v) is 7.77. The fraction of sp³-hybridized carbons (Fsp3) is 0.650. The second kappa shape index (κ2) is 10.7. The maximum absolute atomic E-state index is 13.0. The molecule has 162 valence electrons. The zero-order valence-electron chi connectivity index (χ0n) is 18.5. The number of nitrogens with one attached hydrogen (secondary N) is 1. The van der Waals surface area contributed by atoms with Gasteiger partial charge in [0.25, 0.3) is 5.56 Å². The molecule has 1 N–H and O–H groups in total. The average Bonchev–Trinajstić information content (AvgIpc) is 2.65. The van der Waals surface area contributed by atoms with Crippen molar-refractivity contribution in [1.29, 1.82) is 0 Å². The molecule has 1 rings (SSSR count). The van der Waals surface area contributed by atoms with Gasteiger partial charge in [-0.3, -0.25) is 9.59 Å². The Bertz CT molecular complexity index is 812. The molecule has 9 nitrogen and oxygen atoms in total. The summed E-state index contributed by atoms with van der Waals surface area (Å²) in [4.78, 5) is 42.4. The lowest BCUT2D eigenvalue weighted by Gasteiger charge is -2.24. The molecule has 1 atom stereocenters. The predicted molar refractivity (Wildman–Crippen MR) is 110 cm³/mol. The number of amides is 1. The van der Waals surface area contributed by atoms with Crippen molar-refractivity contribution in [3.05, 3.63) is 27.7 Å². The van der Waals surface area contributed by atoms with Gasteiger partial charge < -0.3 is 14.9 Å². The van der Waals surface area contributed by atoms with E-state index in [-0.39, 0.29) is 47.7 Å². The zero-order chi connectivity index (χ0) is 22.3. The van der Waals surface area contributed by atoms with Crippen LogP contribution in [0.15, 0.2) is 16.0 Å². The molecular weight excluding hydrogens is 376 g/mol. The number of carbonyl (C=O) groups excluding carboxylic acids is 2. The molecule has 0 aliphatic heterocycles. The minimum Gasteiger partial charge on any atom is -0.464 e. The number of methoxy groups -OCH3 is 1. The van der Waals surface area contributed by atoms with Crippen LogP contribution in [-0.2, 0) is 20.9 Å². The lowest BCUT2D eigenvalue weighted by molar-refractivity contribution is -0.125. The molecule has 0 aliphatic rings. The summed E-state index contributed by atoms with van der Waals surface area (Å²) in [5.41, 5.74) is 0.0330. The highest BCUT2D eigenvalue weighted by Crippen LogP contribution is 2.08. The number of ether oxygens (including phenoxy) is 1. The van der Waals surface area contributed by atoms with E-state index in [0.29, 0.717) is 5.71 Å². The Kier molecular flexibility index (Phi) is 9.00. The van der Waals surface area contributed by atoms with Gasteiger partial charge in [0, 0.05) is 5.92 Å². The Labute approximate surface area is 171 Å². The molecule has 0 spiro atoms. The fourth-order valence-electron chi connectivity index (χ4n) is 2.32. The fourth-order valence-corrected chi connectivity index (χ4v) is 2.32. The standard InChI is InChI=1S/C20H32N4O5/c1-11(2)17(21-18(25)12(3)4)10-24-19(26)15(14(7)23-29-13(5)6)9-16(22-24)20(27)28-8/h9,11-13,17H,10H2,1-8H3,(H,21,25)/b23-14+/t17-/m1/s1. The highest BCUT2D eigenvalue weighted by atomic mass is 16.6. The highest BCUT2D eigenvalue weighted by Gasteiger charge is 2.22. The van der Waals surface area contributed by atoms with Gasteiger partial charge in [-0.05, 0) is 32.8 Å². The minimum atomic E-state index is -0.676. The molecule has 0 aliphatic carbocycles. The molecule has 1 aromatic rings. The smallest absolute Gasteiger partial charge is 0.358 e. The maximum Gasteiger partial charge on any atom is 0.358 e. The number of esters is 1. The Balaban J connectivity index is 3.42. The second-order valence-electron chi connectivity index (χ2n) is 7.77. The third kappa shape index (κ3) is 6.99. The number of hydrogen-bond donors (Lipinski definition) is 1. The molecule has 0 saturated heterocycles. The van der Waals surface area contributed by atoms with E-state index in [1.165, 1.54) is 17.9 Å². The van der Waals surface area contributed by atoms with Crippen molar-refractivity contribution >= 4 is 17.6 Å². The molecule has 0 unspecified atom stereocenters. The normalized spacial score (nSPS) is 13.0. The van der Waals surface area contributed by atoms with Crippen LogP contribution in [0.4, 0.5) is 0 Å². The topological polar surface area (TPSA) is 112 Å². The SMILES string of the molecule is COC(=O)c1cc(/C(C)=N/OC(C)C)c(=O)n(C[C@@H](NC(=O)C(C)C)C(C)C)n1. The molecule has 9 heteroatoms. The summed E-state index contributed by atoms with van der Waals surface area (Å²) < 4.78 is 5.92. The van der Waals surface area contributed by atoms with Crippen molar-refractivity contribution in [2.24, 2.45) is 17.0 Å². The molecule has 0 saturated carbocycles. The van der Waals surface area contributed by atoms with Gasteiger partial charge in [0.15, 0.2) is 5.69 Å². The first-order valence-electron chi connectivity index (χ1n) is 9.69. The Morgan fingerprint density at radius 1 is 1.21 bits per heavy atom. The van der Waals surface area contributed by atoms with Crippen molar-refractivity contribution in [3.8, 4) is 0 Å². The van der Waals surface area contributed by atoms with Crippen LogP contribution in [0.1, 0.15) is 64.5 Å². The van der Waals surface area contributed by atoms with Gasteiger partial charge in [-0.15, -0.1) is 0 Å². The van der Waals surface area contributed by atoms with Gasteiger partial charge in [0.05, 0.1) is 31.0 Å². The maximum atomic E-state index is 13.0. The van der Waals surface area contributed by atoms with Crippen LogP contribution in [-0.4, -0.2) is 46.6 Å². The van der Waals surface area contributed by atoms with Crippen LogP contribution >= 0.6 is 0 Å². The molecule has 0 radical (unpaired) electrons. The van der Waals surface area contributed by atoms with Crippen LogP contribution in [0.5, 0.6) is 0 Å². The third-order valence-corrected chi connectivity index (χ3v) is 4.19. The summed E-state index contributed by atoms with van der Waals surface area (Å²) in [7, 11) is 1.24. The van der Waals surface area contributed by atoms with Gasteiger partial charge in [-0.1, -0.05) is 32.9 Å². The van der Waals surface area contributed by atoms with E-state index in [1.54, 1.807) is 20.8 Å². The van der Waals surface area contributed by atoms with Crippen LogP contribution in [0.2, 0.25) is 0 Å². The van der Waals surface area contributed by atoms with E-state index in [2.05, 4.69) is 15.6 Å². The summed E-state index contributed by atoms with van der Waals surface area (Å²) in [6.45, 7) is 12.8. The van der Waals surface area contributed by atoms with Crippen molar-refractivity contribution in [2.75, 3.05) is 7.11 Å². The number of nitrogens with zero attached hydrogens (tertiary/aromatic N) is 3. The average molecular weight is 408 g/mol. The highest BCUT2D eigenvalue weighted by molar-refractivity contribution is 5.99. The molecule has 1 aromatic heterocycles. The largest absolute Gasteiger partial charge is 0.464 e. The number of aromatic nitrogens is 2. The van der Waals surface area contributed by atoms with Crippen molar-refractivity contribution in [3.63, 3.8) is 0 Å². The minimum absolute atomic E-state index is 0.0288. The summed E-state index contributed by atoms with van der Waals surface area (Å²) >= 11 is 0. The van der Waals surface area contributed by atoms with E-state index >= 15 is 0 Å². The first kappa shape index (κ1) is 24.3. The van der Waals surface area contributed by atoms with Crippen molar-refractivity contribution < 1.29 is 19.2 Å². The van der Waals surface area contributed by atoms with E-state index in [9.17, 15) is 14.4 Å². The Morgan fingerprint density at radius 2 is 1.83 bits per heavy atom. The van der Waals surface area contributed by atoms with Crippen LogP contribution in [0, 0.1) is 11.8 Å². The summed E-state index contributed by atoms with van der Waals surface area (Å²) in [6.07, 6.45) is -0.161. The summed E-state index contributed by atoms with van der Waals surface area (Å²) in [6, 6.07) is 0.990. The van der Waals surface area contributed by atoms with Crippen LogP contribution in [0.3, 0.4) is 0 Å². The quantitative estimate of drug-likeness (QED) is 0.380. The summed E-state index contributed by atoms with van der Waals surface area (Å²) in [5.74, 6) is -0.954. The number of carbonyl (C=O) groups is 2. The van der Waals surface area contributed by atoms with E-state index in [1.807, 2.05) is 27.7 Å². The number of hydrogen-bond acceptors (Lipinski definition) is 7. The molecular formula is C20H32N4O5. The monoisotopic (exact) mass is 408 g/mol. The molecule has 29 heavy (non-hydrogen) atoms. The molecule has 1 heterocycles. The summed E-state index contributed by atoms with van der Waals surface area (Å²) in [5, 5.41) is 11.0. The Hall–Kier alpha value is -2.71. The van der Waals surface area contributed by atoms with E-state index in [4.69, 9.17) is 9.57 Å². The first-order valence-corrected chi connectivity index (χ1v) is 9.69. The van der Waals surface area contributed by atoms with Crippen LogP contribution < -0.4 is 10.9 Å². The first-order chi connectivity index (χ1) is 13.5. The van der Waals surface area contributed by atoms with Gasteiger partial charge in [0.1, 0.15) is 6.10 Å². The molecule has 0 aromatic carbocycles. The number of oxime groups is 1. The molecule has 1 amide bonds. The van der Waals surface area contributed by atoms with E-state index < -0.39 is 11.5 Å². The van der Waals surface area contributed by atoms with Gasteiger partial charge in [0.2, 0.25) is 5.91 Å². The van der Waals surface area contributed by atoms with Crippen molar-refractivity contribution in [1.82, 2.24) is 15.1 Å². The van der Waals surface area contributed by atoms with Gasteiger partial charge in [-0.25, -0.2) is 9.48 Å². The van der Waals surface area contributed by atoms with Gasteiger partial charge in [-0.2, -0.15) is 5.10 Å². The lowest BCUT2D eigenvalue weighted by atomic mass is 10.0. The number of rotatable bonds is 9. The lowest BCUT2D eigenvalue weighted by Crippen LogP contribution is -2.46. The molecule has 0 bridgehead atoms.